The molecule has 0 atom stereocenters. The van der Waals surface area contributed by atoms with E-state index in [4.69, 9.17) is 21.3 Å². The predicted octanol–water partition coefficient (Wildman–Crippen LogP) is 16.5. The SMILES string of the molecule is [C-]#[N+]c1ccc2c(c1)c1cc(-c3ccc4c(c3)Oc3cc(-n5c6ccccc6c6ccccc65)ccc3C43c4cccnc4-c4ncccc43)ccc1n2-c1cccc(-n2c3ccccc3c3ccccc32)c1. The Kier molecular flexibility index (Phi) is 8.04. The third kappa shape index (κ3) is 5.36. The molecule has 0 amide bonds. The molecule has 0 fully saturated rings. The Morgan fingerprint density at radius 1 is 0.356 bits per heavy atom. The largest absolute Gasteiger partial charge is 0.457 e. The van der Waals surface area contributed by atoms with Crippen LogP contribution in [0.2, 0.25) is 0 Å². The molecule has 5 aromatic heterocycles. The third-order valence-corrected chi connectivity index (χ3v) is 15.6. The molecule has 0 radical (unpaired) electrons. The zero-order valence-electron chi connectivity index (χ0n) is 39.0. The number of aromatic nitrogens is 5. The van der Waals surface area contributed by atoms with Gasteiger partial charge in [0.25, 0.3) is 0 Å². The fourth-order valence-electron chi connectivity index (χ4n) is 12.6. The van der Waals surface area contributed by atoms with E-state index in [1.54, 1.807) is 0 Å². The van der Waals surface area contributed by atoms with E-state index < -0.39 is 5.41 Å². The van der Waals surface area contributed by atoms with Gasteiger partial charge in [0, 0.05) is 73.6 Å². The maximum absolute atomic E-state index is 8.03. The number of hydrogen-bond acceptors (Lipinski definition) is 3. The lowest BCUT2D eigenvalue weighted by atomic mass is 9.66. The van der Waals surface area contributed by atoms with Crippen LogP contribution >= 0.6 is 0 Å². The van der Waals surface area contributed by atoms with Crippen molar-refractivity contribution in [2.45, 2.75) is 5.41 Å². The minimum Gasteiger partial charge on any atom is -0.457 e. The van der Waals surface area contributed by atoms with Crippen LogP contribution < -0.4 is 4.74 Å². The Bertz CT molecular complexity index is 4600. The molecule has 1 spiro atoms. The summed E-state index contributed by atoms with van der Waals surface area (Å²) in [4.78, 5) is 13.9. The molecular formula is C66H38N6O. The highest BCUT2D eigenvalue weighted by Gasteiger charge is 2.52. The average Bonchev–Trinajstić information content (AvgIpc) is 4.17. The quantitative estimate of drug-likeness (QED) is 0.165. The first kappa shape index (κ1) is 39.8. The van der Waals surface area contributed by atoms with Gasteiger partial charge in [0.15, 0.2) is 5.69 Å². The van der Waals surface area contributed by atoms with Gasteiger partial charge in [-0.25, -0.2) is 4.85 Å². The monoisotopic (exact) mass is 930 g/mol. The molecule has 0 bridgehead atoms. The summed E-state index contributed by atoms with van der Waals surface area (Å²) in [6, 6.07) is 77.9. The number of rotatable bonds is 4. The second-order valence-electron chi connectivity index (χ2n) is 19.2. The van der Waals surface area contributed by atoms with Crippen LogP contribution in [0.1, 0.15) is 22.3 Å². The molecule has 0 N–H and O–H groups in total. The van der Waals surface area contributed by atoms with Crippen molar-refractivity contribution in [3.05, 3.63) is 264 Å². The van der Waals surface area contributed by atoms with Crippen LogP contribution in [-0.4, -0.2) is 23.7 Å². The van der Waals surface area contributed by atoms with Gasteiger partial charge in [0.2, 0.25) is 0 Å². The van der Waals surface area contributed by atoms with Crippen molar-refractivity contribution < 1.29 is 4.74 Å². The Balaban J connectivity index is 0.885. The molecule has 7 nitrogen and oxygen atoms in total. The molecule has 14 aromatic rings. The Hall–Kier alpha value is -10.0. The number of nitrogens with zero attached hydrogens (tertiary/aromatic N) is 6. The van der Waals surface area contributed by atoms with Crippen molar-refractivity contribution in [2.75, 3.05) is 0 Å². The second-order valence-corrected chi connectivity index (χ2v) is 19.2. The van der Waals surface area contributed by atoms with Crippen LogP contribution in [0.5, 0.6) is 11.5 Å². The summed E-state index contributed by atoms with van der Waals surface area (Å²) in [7, 11) is 0. The maximum Gasteiger partial charge on any atom is 0.188 e. The Morgan fingerprint density at radius 2 is 0.808 bits per heavy atom. The highest BCUT2D eigenvalue weighted by atomic mass is 16.5. The third-order valence-electron chi connectivity index (χ3n) is 15.6. The first-order valence-corrected chi connectivity index (χ1v) is 24.6. The fraction of sp³-hybridized carbons (Fsp3) is 0.0152. The van der Waals surface area contributed by atoms with Crippen LogP contribution in [0.15, 0.2) is 231 Å². The lowest BCUT2D eigenvalue weighted by molar-refractivity contribution is 0.436. The van der Waals surface area contributed by atoms with Crippen molar-refractivity contribution in [2.24, 2.45) is 0 Å². The van der Waals surface area contributed by atoms with Gasteiger partial charge in [-0.2, -0.15) is 0 Å². The summed E-state index contributed by atoms with van der Waals surface area (Å²) in [5.74, 6) is 1.56. The molecule has 0 unspecified atom stereocenters. The predicted molar refractivity (Wildman–Crippen MR) is 294 cm³/mol. The lowest BCUT2D eigenvalue weighted by Gasteiger charge is -2.39. The van der Waals surface area contributed by atoms with E-state index in [0.29, 0.717) is 5.69 Å². The lowest BCUT2D eigenvalue weighted by Crippen LogP contribution is -2.32. The van der Waals surface area contributed by atoms with Crippen LogP contribution in [0.4, 0.5) is 5.69 Å². The number of hydrogen-bond donors (Lipinski definition) is 0. The van der Waals surface area contributed by atoms with E-state index in [2.05, 4.69) is 213 Å². The normalized spacial score (nSPS) is 13.1. The molecule has 16 rings (SSSR count). The van der Waals surface area contributed by atoms with Crippen molar-refractivity contribution in [1.29, 1.82) is 0 Å². The highest BCUT2D eigenvalue weighted by molar-refractivity contribution is 6.13. The molecule has 6 heterocycles. The summed E-state index contributed by atoms with van der Waals surface area (Å²) >= 11 is 0. The molecule has 0 saturated heterocycles. The zero-order chi connectivity index (χ0) is 47.9. The molecular weight excluding hydrogens is 893 g/mol. The topological polar surface area (TPSA) is 54.2 Å². The minimum atomic E-state index is -0.741. The number of fused-ring (bicyclic) bond motifs is 18. The van der Waals surface area contributed by atoms with Gasteiger partial charge in [-0.15, -0.1) is 0 Å². The molecule has 1 aliphatic carbocycles. The number of para-hydroxylation sites is 4. The van der Waals surface area contributed by atoms with Crippen LogP contribution in [0, 0.1) is 6.57 Å². The fourth-order valence-corrected chi connectivity index (χ4v) is 12.6. The molecule has 1 aliphatic heterocycles. The molecule has 9 aromatic carbocycles. The maximum atomic E-state index is 8.03. The van der Waals surface area contributed by atoms with E-state index in [9.17, 15) is 0 Å². The van der Waals surface area contributed by atoms with Gasteiger partial charge in [-0.05, 0) is 119 Å². The van der Waals surface area contributed by atoms with E-state index in [0.717, 1.165) is 117 Å². The van der Waals surface area contributed by atoms with Crippen molar-refractivity contribution in [3.8, 4) is 51.1 Å². The standard InChI is InChI=1S/C66H38N6O/c1-67-42-27-32-61-51(37-42)50-35-40(26-31-60(50)71(61)44-14-10-13-43(38-44)70-56-21-6-2-15-46(56)47-16-3-7-22-57(47)70)41-25-29-52-62(36-41)73-63-39-45(72-58-23-8-4-17-48(58)49-18-5-9-24-59(49)72)28-30-53(63)66(52)54-19-11-33-68-64(54)65-55(66)20-12-34-69-65/h2-39H. The number of benzene rings is 9. The van der Waals surface area contributed by atoms with E-state index in [1.165, 1.54) is 21.5 Å². The Morgan fingerprint density at radius 3 is 1.37 bits per heavy atom. The van der Waals surface area contributed by atoms with Gasteiger partial charge in [0.1, 0.15) is 11.5 Å². The van der Waals surface area contributed by atoms with Crippen molar-refractivity contribution in [3.63, 3.8) is 0 Å². The summed E-state index contributed by atoms with van der Waals surface area (Å²) in [5.41, 5.74) is 17.8. The van der Waals surface area contributed by atoms with Gasteiger partial charge in [0.05, 0.1) is 56.5 Å². The van der Waals surface area contributed by atoms with Crippen molar-refractivity contribution >= 4 is 71.1 Å². The summed E-state index contributed by atoms with van der Waals surface area (Å²) < 4.78 is 14.3. The first-order chi connectivity index (χ1) is 36.2. The van der Waals surface area contributed by atoms with E-state index >= 15 is 0 Å². The smallest absolute Gasteiger partial charge is 0.188 e. The van der Waals surface area contributed by atoms with Crippen LogP contribution in [0.25, 0.3) is 110 Å². The highest BCUT2D eigenvalue weighted by Crippen LogP contribution is 2.62. The first-order valence-electron chi connectivity index (χ1n) is 24.6. The molecule has 7 heteroatoms. The molecule has 73 heavy (non-hydrogen) atoms. The van der Waals surface area contributed by atoms with E-state index in [1.807, 2.05) is 36.7 Å². The molecule has 0 saturated carbocycles. The van der Waals surface area contributed by atoms with Crippen LogP contribution in [-0.2, 0) is 5.41 Å². The summed E-state index contributed by atoms with van der Waals surface area (Å²) in [5, 5.41) is 6.94. The van der Waals surface area contributed by atoms with Gasteiger partial charge < -0.3 is 18.4 Å². The molecule has 2 aliphatic rings. The molecule has 338 valence electrons. The zero-order valence-corrected chi connectivity index (χ0v) is 39.0. The summed E-state index contributed by atoms with van der Waals surface area (Å²) in [6.45, 7) is 8.03. The number of pyridine rings is 2. The Labute approximate surface area is 418 Å². The van der Waals surface area contributed by atoms with E-state index in [-0.39, 0.29) is 0 Å². The van der Waals surface area contributed by atoms with Gasteiger partial charge >= 0.3 is 0 Å². The number of ether oxygens (including phenoxy) is 1. The average molecular weight is 931 g/mol. The summed E-state index contributed by atoms with van der Waals surface area (Å²) in [6.07, 6.45) is 3.73. The van der Waals surface area contributed by atoms with Crippen LogP contribution in [0.3, 0.4) is 0 Å². The second kappa shape index (κ2) is 14.8. The minimum absolute atomic E-state index is 0.600. The van der Waals surface area contributed by atoms with Gasteiger partial charge in [-0.3, -0.25) is 9.97 Å². The van der Waals surface area contributed by atoms with Crippen molar-refractivity contribution in [1.82, 2.24) is 23.7 Å². The van der Waals surface area contributed by atoms with Gasteiger partial charge in [-0.1, -0.05) is 121 Å².